The summed E-state index contributed by atoms with van der Waals surface area (Å²) in [4.78, 5) is 5.07. The Kier molecular flexibility index (Phi) is 6.65. The molecule has 0 amide bonds. The molecule has 0 N–H and O–H groups in total. The van der Waals surface area contributed by atoms with Gasteiger partial charge in [-0.15, -0.1) is 0 Å². The van der Waals surface area contributed by atoms with Gasteiger partial charge in [-0.25, -0.2) is 0 Å². The fraction of sp³-hybridized carbons (Fsp3) is 0.209. The van der Waals surface area contributed by atoms with Gasteiger partial charge in [0.2, 0.25) is 0 Å². The zero-order valence-corrected chi connectivity index (χ0v) is 27.9. The number of benzene rings is 5. The van der Waals surface area contributed by atoms with Crippen molar-refractivity contribution in [3.05, 3.63) is 149 Å². The molecule has 8 rings (SSSR count). The molecule has 226 valence electrons. The lowest BCUT2D eigenvalue weighted by Crippen LogP contribution is -2.61. The standard InChI is InChI=1S/C43H41BN2/c1-28-12-18-34(19-13-28)45-38-22-16-30(3)24-36(38)44-37-25-31(4)17-23-39(37)46(35-20-14-29(2)15-21-35)41-27-33(26-40(45)42(41)44)43(5,6)32-10-8-7-9-11-32/h7-8,10,12-27H,9,11H2,1-6H3. The van der Waals surface area contributed by atoms with E-state index in [-0.39, 0.29) is 12.1 Å². The van der Waals surface area contributed by atoms with E-state index in [1.165, 1.54) is 83.9 Å². The van der Waals surface area contributed by atoms with Crippen LogP contribution in [0.15, 0.2) is 121 Å². The van der Waals surface area contributed by atoms with Crippen LogP contribution >= 0.6 is 0 Å². The second-order valence-corrected chi connectivity index (χ2v) is 14.1. The van der Waals surface area contributed by atoms with Gasteiger partial charge in [0.1, 0.15) is 0 Å². The van der Waals surface area contributed by atoms with Crippen LogP contribution in [0.2, 0.25) is 0 Å². The molecule has 0 spiro atoms. The molecule has 0 radical (unpaired) electrons. The molecule has 3 heteroatoms. The maximum Gasteiger partial charge on any atom is 0.252 e. The predicted octanol–water partition coefficient (Wildman–Crippen LogP) is 9.56. The van der Waals surface area contributed by atoms with E-state index >= 15 is 0 Å². The van der Waals surface area contributed by atoms with Gasteiger partial charge in [-0.1, -0.05) is 108 Å². The molecule has 0 saturated heterocycles. The zero-order valence-electron chi connectivity index (χ0n) is 27.9. The fourth-order valence-corrected chi connectivity index (χ4v) is 7.86. The summed E-state index contributed by atoms with van der Waals surface area (Å²) in [5.74, 6) is 0. The Hall–Kier alpha value is -4.76. The van der Waals surface area contributed by atoms with Crippen LogP contribution in [0.25, 0.3) is 0 Å². The van der Waals surface area contributed by atoms with Crippen LogP contribution in [-0.2, 0) is 5.41 Å². The van der Waals surface area contributed by atoms with Crippen LogP contribution in [0.1, 0.15) is 54.5 Å². The van der Waals surface area contributed by atoms with E-state index < -0.39 is 0 Å². The van der Waals surface area contributed by atoms with Crippen molar-refractivity contribution < 1.29 is 0 Å². The molecule has 0 unspecified atom stereocenters. The van der Waals surface area contributed by atoms with Gasteiger partial charge in [0.25, 0.3) is 6.71 Å². The van der Waals surface area contributed by atoms with Gasteiger partial charge in [0, 0.05) is 39.5 Å². The van der Waals surface area contributed by atoms with Crippen molar-refractivity contribution in [2.24, 2.45) is 0 Å². The normalized spacial score (nSPS) is 14.9. The average Bonchev–Trinajstić information content (AvgIpc) is 3.06. The van der Waals surface area contributed by atoms with Gasteiger partial charge in [0.05, 0.1) is 0 Å². The van der Waals surface area contributed by atoms with Gasteiger partial charge in [-0.2, -0.15) is 0 Å². The third-order valence-corrected chi connectivity index (χ3v) is 10.5. The summed E-state index contributed by atoms with van der Waals surface area (Å²) < 4.78 is 0. The van der Waals surface area contributed by atoms with Crippen LogP contribution in [-0.4, -0.2) is 6.71 Å². The molecule has 5 aromatic carbocycles. The SMILES string of the molecule is Cc1ccc(N2c3ccc(C)cc3B3c4cc(C)ccc4N(c4ccc(C)cc4)c4cc(C(C)(C)C5=CC=CCC5)cc2c43)cc1. The van der Waals surface area contributed by atoms with Crippen molar-refractivity contribution in [3.63, 3.8) is 0 Å². The van der Waals surface area contributed by atoms with Crippen molar-refractivity contribution in [3.8, 4) is 0 Å². The zero-order chi connectivity index (χ0) is 31.7. The lowest BCUT2D eigenvalue weighted by Gasteiger charge is -2.45. The number of rotatable bonds is 4. The maximum atomic E-state index is 2.53. The molecule has 1 aliphatic carbocycles. The molecule has 46 heavy (non-hydrogen) atoms. The van der Waals surface area contributed by atoms with E-state index in [1.54, 1.807) is 0 Å². The monoisotopic (exact) mass is 596 g/mol. The number of aryl methyl sites for hydroxylation is 4. The third kappa shape index (κ3) is 4.48. The van der Waals surface area contributed by atoms with E-state index in [2.05, 4.69) is 167 Å². The molecule has 0 bridgehead atoms. The second kappa shape index (κ2) is 10.7. The fourth-order valence-electron chi connectivity index (χ4n) is 7.86. The van der Waals surface area contributed by atoms with E-state index in [0.717, 1.165) is 12.8 Å². The Morgan fingerprint density at radius 1 is 0.565 bits per heavy atom. The Labute approximate surface area is 274 Å². The maximum absolute atomic E-state index is 2.53. The summed E-state index contributed by atoms with van der Waals surface area (Å²) in [5, 5.41) is 0. The van der Waals surface area contributed by atoms with Crippen molar-refractivity contribution in [1.82, 2.24) is 0 Å². The summed E-state index contributed by atoms with van der Waals surface area (Å²) >= 11 is 0. The molecule has 0 saturated carbocycles. The van der Waals surface area contributed by atoms with Gasteiger partial charge in [-0.3, -0.25) is 0 Å². The Bertz CT molecular complexity index is 1940. The van der Waals surface area contributed by atoms with Gasteiger partial charge in [0.15, 0.2) is 0 Å². The first-order chi connectivity index (χ1) is 22.2. The Balaban J connectivity index is 1.50. The number of allylic oxidation sites excluding steroid dienone is 4. The number of hydrogen-bond donors (Lipinski definition) is 0. The number of fused-ring (bicyclic) bond motifs is 4. The summed E-state index contributed by atoms with van der Waals surface area (Å²) in [5.41, 5.74) is 19.4. The molecule has 0 atom stereocenters. The minimum absolute atomic E-state index is 0.132. The first-order valence-corrected chi connectivity index (χ1v) is 16.7. The lowest BCUT2D eigenvalue weighted by atomic mass is 9.33. The van der Waals surface area contributed by atoms with Crippen molar-refractivity contribution >= 4 is 57.2 Å². The van der Waals surface area contributed by atoms with Gasteiger partial charge < -0.3 is 9.80 Å². The first kappa shape index (κ1) is 28.7. The van der Waals surface area contributed by atoms with Crippen LogP contribution < -0.4 is 26.2 Å². The van der Waals surface area contributed by atoms with Gasteiger partial charge >= 0.3 is 0 Å². The Morgan fingerprint density at radius 3 is 1.50 bits per heavy atom. The van der Waals surface area contributed by atoms with E-state index in [0.29, 0.717) is 0 Å². The van der Waals surface area contributed by atoms with Crippen molar-refractivity contribution in [2.75, 3.05) is 9.80 Å². The van der Waals surface area contributed by atoms with Crippen LogP contribution in [0.5, 0.6) is 0 Å². The largest absolute Gasteiger partial charge is 0.311 e. The molecule has 2 nitrogen and oxygen atoms in total. The van der Waals surface area contributed by atoms with Crippen molar-refractivity contribution in [2.45, 2.75) is 59.8 Å². The molecule has 0 aromatic heterocycles. The van der Waals surface area contributed by atoms with Gasteiger partial charge in [-0.05, 0) is 111 Å². The summed E-state index contributed by atoms with van der Waals surface area (Å²) in [6.07, 6.45) is 9.07. The van der Waals surface area contributed by atoms with Crippen LogP contribution in [0.4, 0.5) is 34.1 Å². The highest BCUT2D eigenvalue weighted by Gasteiger charge is 2.44. The van der Waals surface area contributed by atoms with E-state index in [4.69, 9.17) is 0 Å². The highest BCUT2D eigenvalue weighted by Crippen LogP contribution is 2.47. The topological polar surface area (TPSA) is 6.48 Å². The first-order valence-electron chi connectivity index (χ1n) is 16.7. The molecule has 3 aliphatic rings. The molecule has 0 fully saturated rings. The third-order valence-electron chi connectivity index (χ3n) is 10.5. The lowest BCUT2D eigenvalue weighted by molar-refractivity contribution is 0.590. The minimum atomic E-state index is -0.134. The van der Waals surface area contributed by atoms with E-state index in [1.807, 2.05) is 0 Å². The molecular weight excluding hydrogens is 555 g/mol. The number of hydrogen-bond acceptors (Lipinski definition) is 2. The summed E-state index contributed by atoms with van der Waals surface area (Å²) in [6, 6.07) is 37.3. The average molecular weight is 597 g/mol. The second-order valence-electron chi connectivity index (χ2n) is 14.1. The minimum Gasteiger partial charge on any atom is -0.311 e. The number of anilines is 6. The molecule has 5 aromatic rings. The highest BCUT2D eigenvalue weighted by atomic mass is 15.2. The van der Waals surface area contributed by atoms with Crippen molar-refractivity contribution in [1.29, 1.82) is 0 Å². The smallest absolute Gasteiger partial charge is 0.252 e. The summed E-state index contributed by atoms with van der Waals surface area (Å²) in [7, 11) is 0. The Morgan fingerprint density at radius 2 is 1.04 bits per heavy atom. The summed E-state index contributed by atoms with van der Waals surface area (Å²) in [6.45, 7) is 13.7. The molecular formula is C43H41BN2. The van der Waals surface area contributed by atoms with Crippen LogP contribution in [0.3, 0.4) is 0 Å². The number of nitrogens with zero attached hydrogens (tertiary/aromatic N) is 2. The quantitative estimate of drug-likeness (QED) is 0.187. The highest BCUT2D eigenvalue weighted by molar-refractivity contribution is 7.00. The van der Waals surface area contributed by atoms with E-state index in [9.17, 15) is 0 Å². The van der Waals surface area contributed by atoms with Crippen LogP contribution in [0, 0.1) is 27.7 Å². The molecule has 2 heterocycles. The molecule has 2 aliphatic heterocycles. The predicted molar refractivity (Wildman–Crippen MR) is 199 cm³/mol.